The molecule has 0 saturated heterocycles. The lowest BCUT2D eigenvalue weighted by Gasteiger charge is -2.07. The van der Waals surface area contributed by atoms with E-state index in [1.54, 1.807) is 48.5 Å². The van der Waals surface area contributed by atoms with Gasteiger partial charge in [0.2, 0.25) is 0 Å². The summed E-state index contributed by atoms with van der Waals surface area (Å²) in [6.07, 6.45) is 2.28. The van der Waals surface area contributed by atoms with E-state index >= 15 is 0 Å². The Bertz CT molecular complexity index is 1250. The summed E-state index contributed by atoms with van der Waals surface area (Å²) in [5, 5.41) is 0. The van der Waals surface area contributed by atoms with E-state index in [-0.39, 0.29) is 13.2 Å². The maximum Gasteiger partial charge on any atom is 0.338 e. The van der Waals surface area contributed by atoms with Gasteiger partial charge in [-0.3, -0.25) is 0 Å². The van der Waals surface area contributed by atoms with E-state index in [1.807, 2.05) is 36.4 Å². The molecule has 4 aromatic rings. The van der Waals surface area contributed by atoms with Crippen LogP contribution in [0.4, 0.5) is 22.7 Å². The summed E-state index contributed by atoms with van der Waals surface area (Å²) < 4.78 is 10.2. The van der Waals surface area contributed by atoms with Crippen molar-refractivity contribution < 1.29 is 19.1 Å². The molecule has 4 aromatic carbocycles. The van der Waals surface area contributed by atoms with Crippen molar-refractivity contribution in [3.63, 3.8) is 0 Å². The van der Waals surface area contributed by atoms with E-state index in [0.29, 0.717) is 28.9 Å². The van der Waals surface area contributed by atoms with Crippen LogP contribution in [0.3, 0.4) is 0 Å². The number of hydrogen-bond donors (Lipinski definition) is 4. The van der Waals surface area contributed by atoms with E-state index in [4.69, 9.17) is 32.4 Å². The van der Waals surface area contributed by atoms with Gasteiger partial charge < -0.3 is 32.4 Å². The molecule has 0 fully saturated rings. The lowest BCUT2D eigenvalue weighted by atomic mass is 10.0. The number of nitrogen functional groups attached to an aromatic ring is 4. The zero-order valence-electron chi connectivity index (χ0n) is 21.7. The standard InChI is InChI=1S/C17H18N2O4.C14H16N2/c18-14-6-2-12(3-7-14)16(20)22-10-1-11-23-17(21)13-4-8-15(19)9-5-13;15-13-7-3-1-5-11(13)9-10-12-6-2-4-8-14(12)16/h2-9H,1,10-11,18-19H2;1-8H,9-10,15-16H2. The second-order valence-electron chi connectivity index (χ2n) is 8.77. The number of nitrogens with two attached hydrogens (primary N) is 4. The third-order valence-electron chi connectivity index (χ3n) is 5.82. The molecule has 0 heterocycles. The Morgan fingerprint density at radius 3 is 1.23 bits per heavy atom. The molecule has 39 heavy (non-hydrogen) atoms. The van der Waals surface area contributed by atoms with Gasteiger partial charge in [0, 0.05) is 29.2 Å². The van der Waals surface area contributed by atoms with Gasteiger partial charge in [0.05, 0.1) is 24.3 Å². The van der Waals surface area contributed by atoms with Gasteiger partial charge >= 0.3 is 11.9 Å². The molecule has 8 heteroatoms. The van der Waals surface area contributed by atoms with Crippen molar-refractivity contribution in [3.8, 4) is 0 Å². The molecule has 8 N–H and O–H groups in total. The van der Waals surface area contributed by atoms with Crippen molar-refractivity contribution in [1.29, 1.82) is 0 Å². The monoisotopic (exact) mass is 526 g/mol. The number of esters is 2. The van der Waals surface area contributed by atoms with Gasteiger partial charge in [0.1, 0.15) is 0 Å². The molecule has 0 aliphatic rings. The average Bonchev–Trinajstić information content (AvgIpc) is 2.94. The minimum absolute atomic E-state index is 0.165. The van der Waals surface area contributed by atoms with Crippen LogP contribution in [-0.4, -0.2) is 25.2 Å². The van der Waals surface area contributed by atoms with E-state index in [2.05, 4.69) is 12.1 Å². The number of carbonyl (C=O) groups excluding carboxylic acids is 2. The number of para-hydroxylation sites is 2. The van der Waals surface area contributed by atoms with Crippen LogP contribution in [0, 0.1) is 0 Å². The molecule has 202 valence electrons. The maximum atomic E-state index is 11.7. The van der Waals surface area contributed by atoms with Crippen LogP contribution in [0.2, 0.25) is 0 Å². The molecular weight excluding hydrogens is 492 g/mol. The molecule has 0 spiro atoms. The molecule has 0 aromatic heterocycles. The molecule has 0 unspecified atom stereocenters. The third kappa shape index (κ3) is 9.44. The summed E-state index contributed by atoms with van der Waals surface area (Å²) in [7, 11) is 0. The first kappa shape index (κ1) is 28.6. The van der Waals surface area contributed by atoms with Crippen LogP contribution < -0.4 is 22.9 Å². The van der Waals surface area contributed by atoms with Crippen molar-refractivity contribution in [1.82, 2.24) is 0 Å². The zero-order chi connectivity index (χ0) is 28.0. The Balaban J connectivity index is 0.000000230. The molecule has 8 nitrogen and oxygen atoms in total. The largest absolute Gasteiger partial charge is 0.462 e. The first-order valence-electron chi connectivity index (χ1n) is 12.6. The van der Waals surface area contributed by atoms with Crippen molar-refractivity contribution in [2.24, 2.45) is 0 Å². The highest BCUT2D eigenvalue weighted by molar-refractivity contribution is 5.90. The molecule has 0 saturated carbocycles. The van der Waals surface area contributed by atoms with Gasteiger partial charge in [-0.05, 0) is 84.6 Å². The predicted molar refractivity (Wildman–Crippen MR) is 156 cm³/mol. The number of aryl methyl sites for hydroxylation is 2. The Labute approximate surface area is 228 Å². The molecular formula is C31H34N4O4. The maximum absolute atomic E-state index is 11.7. The van der Waals surface area contributed by atoms with Crippen molar-refractivity contribution in [3.05, 3.63) is 119 Å². The van der Waals surface area contributed by atoms with Crippen LogP contribution in [0.25, 0.3) is 0 Å². The fraction of sp³-hybridized carbons (Fsp3) is 0.161. The Hall–Kier alpha value is -4.98. The minimum atomic E-state index is -0.435. The topological polar surface area (TPSA) is 157 Å². The zero-order valence-corrected chi connectivity index (χ0v) is 21.7. The first-order valence-corrected chi connectivity index (χ1v) is 12.6. The number of rotatable bonds is 9. The van der Waals surface area contributed by atoms with Crippen LogP contribution in [0.15, 0.2) is 97.1 Å². The SMILES string of the molecule is Nc1ccc(C(=O)OCCCOC(=O)c2ccc(N)cc2)cc1.Nc1ccccc1CCc1ccccc1N. The van der Waals surface area contributed by atoms with Gasteiger partial charge in [-0.2, -0.15) is 0 Å². The van der Waals surface area contributed by atoms with Crippen LogP contribution in [-0.2, 0) is 22.3 Å². The van der Waals surface area contributed by atoms with Gasteiger partial charge in [-0.1, -0.05) is 36.4 Å². The second kappa shape index (κ2) is 14.7. The summed E-state index contributed by atoms with van der Waals surface area (Å²) in [5.41, 5.74) is 29.0. The Morgan fingerprint density at radius 2 is 0.872 bits per heavy atom. The van der Waals surface area contributed by atoms with Crippen LogP contribution in [0.1, 0.15) is 38.3 Å². The van der Waals surface area contributed by atoms with Crippen LogP contribution >= 0.6 is 0 Å². The summed E-state index contributed by atoms with van der Waals surface area (Å²) >= 11 is 0. The molecule has 0 aliphatic carbocycles. The molecule has 4 rings (SSSR count). The van der Waals surface area contributed by atoms with E-state index < -0.39 is 11.9 Å². The molecule has 0 bridgehead atoms. The van der Waals surface area contributed by atoms with E-state index in [0.717, 1.165) is 24.2 Å². The highest BCUT2D eigenvalue weighted by Gasteiger charge is 2.08. The number of carbonyl (C=O) groups is 2. The van der Waals surface area contributed by atoms with Gasteiger partial charge in [-0.15, -0.1) is 0 Å². The summed E-state index contributed by atoms with van der Waals surface area (Å²) in [5.74, 6) is -0.871. The normalized spacial score (nSPS) is 10.2. The van der Waals surface area contributed by atoms with Gasteiger partial charge in [-0.25, -0.2) is 9.59 Å². The van der Waals surface area contributed by atoms with Crippen molar-refractivity contribution in [2.75, 3.05) is 36.1 Å². The summed E-state index contributed by atoms with van der Waals surface area (Å²) in [6, 6.07) is 28.8. The van der Waals surface area contributed by atoms with Crippen LogP contribution in [0.5, 0.6) is 0 Å². The smallest absolute Gasteiger partial charge is 0.338 e. The lowest BCUT2D eigenvalue weighted by molar-refractivity contribution is 0.0396. The quantitative estimate of drug-likeness (QED) is 0.136. The Morgan fingerprint density at radius 1 is 0.513 bits per heavy atom. The molecule has 0 atom stereocenters. The predicted octanol–water partition coefficient (Wildman–Crippen LogP) is 4.89. The highest BCUT2D eigenvalue weighted by atomic mass is 16.5. The van der Waals surface area contributed by atoms with Crippen molar-refractivity contribution in [2.45, 2.75) is 19.3 Å². The van der Waals surface area contributed by atoms with Crippen molar-refractivity contribution >= 4 is 34.7 Å². The third-order valence-corrected chi connectivity index (χ3v) is 5.82. The Kier molecular flexibility index (Phi) is 10.8. The first-order chi connectivity index (χ1) is 18.8. The summed E-state index contributed by atoms with van der Waals surface area (Å²) in [6.45, 7) is 0.330. The lowest BCUT2D eigenvalue weighted by Crippen LogP contribution is -2.11. The second-order valence-corrected chi connectivity index (χ2v) is 8.77. The fourth-order valence-corrected chi connectivity index (χ4v) is 3.59. The molecule has 0 aliphatic heterocycles. The molecule has 0 radical (unpaired) electrons. The number of ether oxygens (including phenoxy) is 2. The van der Waals surface area contributed by atoms with E-state index in [9.17, 15) is 9.59 Å². The highest BCUT2D eigenvalue weighted by Crippen LogP contribution is 2.17. The average molecular weight is 527 g/mol. The minimum Gasteiger partial charge on any atom is -0.462 e. The number of hydrogen-bond acceptors (Lipinski definition) is 8. The van der Waals surface area contributed by atoms with Gasteiger partial charge in [0.15, 0.2) is 0 Å². The molecule has 0 amide bonds. The van der Waals surface area contributed by atoms with E-state index in [1.165, 1.54) is 11.1 Å². The van der Waals surface area contributed by atoms with Gasteiger partial charge in [0.25, 0.3) is 0 Å². The summed E-state index contributed by atoms with van der Waals surface area (Å²) in [4.78, 5) is 23.4. The number of anilines is 4. The fourth-order valence-electron chi connectivity index (χ4n) is 3.59. The number of benzene rings is 4.